The van der Waals surface area contributed by atoms with Crippen LogP contribution in [0.5, 0.6) is 0 Å². The number of hydrogen-bond donors (Lipinski definition) is 1. The third kappa shape index (κ3) is 6.01. The van der Waals surface area contributed by atoms with Gasteiger partial charge in [0.2, 0.25) is 5.95 Å². The van der Waals surface area contributed by atoms with Crippen LogP contribution < -0.4 is 5.73 Å². The van der Waals surface area contributed by atoms with E-state index < -0.39 is 4.92 Å². The fraction of sp³-hybridized carbons (Fsp3) is 0. The number of rotatable bonds is 3. The van der Waals surface area contributed by atoms with Gasteiger partial charge in [0.15, 0.2) is 0 Å². The van der Waals surface area contributed by atoms with Crippen molar-refractivity contribution in [2.24, 2.45) is 0 Å². The van der Waals surface area contributed by atoms with Crippen LogP contribution >= 0.6 is 0 Å². The Hall–Kier alpha value is -1.98. The topological polar surface area (TPSA) is 94.9 Å². The molecule has 1 heterocycles. The van der Waals surface area contributed by atoms with Gasteiger partial charge in [0.1, 0.15) is 0 Å². The van der Waals surface area contributed by atoms with Gasteiger partial charge in [0.25, 0.3) is 5.69 Å². The summed E-state index contributed by atoms with van der Waals surface area (Å²) >= 11 is 0. The van der Waals surface area contributed by atoms with Crippen molar-refractivity contribution < 1.29 is 22.0 Å². The van der Waals surface area contributed by atoms with Gasteiger partial charge in [-0.2, -0.15) is 0 Å². The van der Waals surface area contributed by atoms with Crippen LogP contribution in [0, 0.1) is 73.8 Å². The molecule has 134 valence electrons. The minimum absolute atomic E-state index is 0. The Labute approximate surface area is 170 Å². The van der Waals surface area contributed by atoms with Crippen molar-refractivity contribution in [2.45, 2.75) is 0 Å². The van der Waals surface area contributed by atoms with Gasteiger partial charge < -0.3 is 5.73 Å². The molecule has 2 saturated carbocycles. The van der Waals surface area contributed by atoms with E-state index >= 15 is 0 Å². The molecule has 10 radical (unpaired) electrons. The molecule has 2 fully saturated rings. The first-order valence-electron chi connectivity index (χ1n) is 7.91. The summed E-state index contributed by atoms with van der Waals surface area (Å²) in [6.07, 6.45) is 17.6. The van der Waals surface area contributed by atoms with Gasteiger partial charge in [-0.25, -0.2) is 9.97 Å². The van der Waals surface area contributed by atoms with E-state index in [4.69, 9.17) is 5.73 Å². The summed E-state index contributed by atoms with van der Waals surface area (Å²) in [5, 5.41) is 10.9. The number of nitrogens with two attached hydrogens (primary N) is 1. The van der Waals surface area contributed by atoms with E-state index in [9.17, 15) is 10.1 Å². The number of hydrogen-bond acceptors (Lipinski definition) is 5. The molecule has 2 aromatic rings. The minimum atomic E-state index is -0.438. The smallest absolute Gasteiger partial charge is 0.368 e. The molecule has 0 unspecified atom stereocenters. The van der Waals surface area contributed by atoms with Gasteiger partial charge in [-0.1, -0.05) is 12.1 Å². The van der Waals surface area contributed by atoms with Crippen molar-refractivity contribution >= 4 is 11.6 Å². The summed E-state index contributed by atoms with van der Waals surface area (Å²) in [6, 6.07) is 8.05. The largest absolute Gasteiger partial charge is 2.00 e. The molecule has 2 aliphatic rings. The Morgan fingerprint density at radius 2 is 1.44 bits per heavy atom. The molecular formula is C20H16FeN4O2+2. The second kappa shape index (κ2) is 10.4. The number of aromatic nitrogens is 2. The first kappa shape index (κ1) is 21.3. The quantitative estimate of drug-likeness (QED) is 0.484. The van der Waals surface area contributed by atoms with E-state index in [1.54, 1.807) is 18.2 Å². The second-order valence-corrected chi connectivity index (χ2v) is 5.44. The SMILES string of the molecule is Nc1nc([C]2[CH][CH][CH][CH]2)cc(-c2cccc([N+](=O)[O-])c2)n1.[CH]1[CH][CH][CH][CH]1.[Fe+2]. The first-order valence-corrected chi connectivity index (χ1v) is 7.91. The summed E-state index contributed by atoms with van der Waals surface area (Å²) in [7, 11) is 0. The average Bonchev–Trinajstić information content (AvgIpc) is 3.37. The maximum absolute atomic E-state index is 10.9. The Balaban J connectivity index is 0.000000379. The Morgan fingerprint density at radius 1 is 0.852 bits per heavy atom. The van der Waals surface area contributed by atoms with Crippen LogP contribution in [0.2, 0.25) is 0 Å². The van der Waals surface area contributed by atoms with Crippen LogP contribution in [0.15, 0.2) is 30.3 Å². The Bertz CT molecular complexity index is 752. The molecule has 0 bridgehead atoms. The second-order valence-electron chi connectivity index (χ2n) is 5.44. The van der Waals surface area contributed by atoms with E-state index in [-0.39, 0.29) is 28.7 Å². The fourth-order valence-corrected chi connectivity index (χ4v) is 2.41. The Morgan fingerprint density at radius 3 is 2.04 bits per heavy atom. The Kier molecular flexibility index (Phi) is 8.20. The zero-order valence-corrected chi connectivity index (χ0v) is 15.3. The van der Waals surface area contributed by atoms with Crippen molar-refractivity contribution in [3.63, 3.8) is 0 Å². The summed E-state index contributed by atoms with van der Waals surface area (Å²) in [4.78, 5) is 18.8. The van der Waals surface area contributed by atoms with Crippen LogP contribution in [-0.4, -0.2) is 14.9 Å². The van der Waals surface area contributed by atoms with Crippen LogP contribution in [0.3, 0.4) is 0 Å². The molecule has 1 aromatic heterocycles. The van der Waals surface area contributed by atoms with E-state index in [0.717, 1.165) is 5.92 Å². The summed E-state index contributed by atoms with van der Waals surface area (Å²) in [5.74, 6) is 1.06. The van der Waals surface area contributed by atoms with Crippen LogP contribution in [0.1, 0.15) is 5.69 Å². The van der Waals surface area contributed by atoms with Crippen LogP contribution in [0.4, 0.5) is 11.6 Å². The molecule has 1 aromatic carbocycles. The molecule has 0 atom stereocenters. The molecule has 6 nitrogen and oxygen atoms in total. The van der Waals surface area contributed by atoms with Gasteiger partial charge >= 0.3 is 17.1 Å². The summed E-state index contributed by atoms with van der Waals surface area (Å²) < 4.78 is 0. The molecule has 27 heavy (non-hydrogen) atoms. The van der Waals surface area contributed by atoms with E-state index in [0.29, 0.717) is 17.0 Å². The summed E-state index contributed by atoms with van der Waals surface area (Å²) in [5.41, 5.74) is 7.64. The fourth-order valence-electron chi connectivity index (χ4n) is 2.41. The monoisotopic (exact) mass is 400 g/mol. The van der Waals surface area contributed by atoms with Crippen molar-refractivity contribution in [2.75, 3.05) is 5.73 Å². The number of non-ortho nitro benzene ring substituents is 1. The predicted molar refractivity (Wildman–Crippen MR) is 99.6 cm³/mol. The zero-order valence-electron chi connectivity index (χ0n) is 14.2. The average molecular weight is 400 g/mol. The molecule has 2 aliphatic carbocycles. The number of benzene rings is 1. The standard InChI is InChI=1S/C15H11N4O2.C5H5.Fe/c16-15-17-13(10-4-1-2-5-10)9-14(18-15)11-6-3-7-12(8-11)19(20)21;1-2-4-5-3-1;/h1-9H,(H2,16,17,18);1-5H;/q;;+2. The van der Waals surface area contributed by atoms with E-state index in [2.05, 4.69) is 9.97 Å². The molecule has 4 rings (SSSR count). The molecule has 0 spiro atoms. The molecular weight excluding hydrogens is 384 g/mol. The molecule has 0 aliphatic heterocycles. The van der Waals surface area contributed by atoms with E-state index in [1.165, 1.54) is 12.1 Å². The van der Waals surface area contributed by atoms with Crippen LogP contribution in [-0.2, 0) is 17.1 Å². The van der Waals surface area contributed by atoms with Crippen LogP contribution in [0.25, 0.3) is 11.3 Å². The van der Waals surface area contributed by atoms with Crippen molar-refractivity contribution in [3.05, 3.63) is 110 Å². The molecule has 0 saturated heterocycles. The van der Waals surface area contributed by atoms with Gasteiger partial charge in [-0.3, -0.25) is 10.1 Å². The number of nitrogen functional groups attached to an aromatic ring is 1. The minimum Gasteiger partial charge on any atom is -0.368 e. The predicted octanol–water partition coefficient (Wildman–Crippen LogP) is 3.41. The number of nitrogens with zero attached hydrogens (tertiary/aromatic N) is 3. The van der Waals surface area contributed by atoms with Gasteiger partial charge in [-0.05, 0) is 63.9 Å². The number of nitro groups is 1. The van der Waals surface area contributed by atoms with Crippen molar-refractivity contribution in [1.29, 1.82) is 0 Å². The zero-order chi connectivity index (χ0) is 18.4. The molecule has 0 amide bonds. The van der Waals surface area contributed by atoms with Crippen molar-refractivity contribution in [1.82, 2.24) is 9.97 Å². The van der Waals surface area contributed by atoms with Gasteiger partial charge in [0, 0.05) is 23.6 Å². The van der Waals surface area contributed by atoms with Crippen molar-refractivity contribution in [3.8, 4) is 11.3 Å². The maximum atomic E-state index is 10.9. The normalized spacial score (nSPS) is 16.3. The van der Waals surface area contributed by atoms with E-state index in [1.807, 2.05) is 57.8 Å². The molecule has 7 heteroatoms. The maximum Gasteiger partial charge on any atom is 2.00 e. The van der Waals surface area contributed by atoms with Gasteiger partial charge in [-0.15, -0.1) is 0 Å². The third-order valence-corrected chi connectivity index (χ3v) is 3.61. The molecule has 2 N–H and O–H groups in total. The number of anilines is 1. The third-order valence-electron chi connectivity index (χ3n) is 3.61. The summed E-state index contributed by atoms with van der Waals surface area (Å²) in [6.45, 7) is 0. The first-order chi connectivity index (χ1) is 12.6. The van der Waals surface area contributed by atoms with Gasteiger partial charge in [0.05, 0.1) is 16.3 Å². The number of nitro benzene ring substituents is 1.